The number of rotatable bonds is 4. The molecule has 23 heavy (non-hydrogen) atoms. The van der Waals surface area contributed by atoms with E-state index in [0.29, 0.717) is 6.04 Å². The van der Waals surface area contributed by atoms with Crippen molar-refractivity contribution in [2.24, 2.45) is 0 Å². The second-order valence-electron chi connectivity index (χ2n) is 6.64. The summed E-state index contributed by atoms with van der Waals surface area (Å²) >= 11 is 0. The third-order valence-electron chi connectivity index (χ3n) is 5.10. The van der Waals surface area contributed by atoms with Gasteiger partial charge < -0.3 is 14.0 Å². The highest BCUT2D eigenvalue weighted by Crippen LogP contribution is 2.27. The molecular formula is C18H23N3O2. The average Bonchev–Trinajstić information content (AvgIpc) is 3.33. The second kappa shape index (κ2) is 6.32. The Balaban J connectivity index is 1.59. The minimum Gasteiger partial charge on any atom is -0.376 e. The molecular weight excluding hydrogens is 290 g/mol. The van der Waals surface area contributed by atoms with Gasteiger partial charge in [-0.25, -0.2) is 4.98 Å². The molecule has 2 aromatic heterocycles. The fourth-order valence-corrected chi connectivity index (χ4v) is 3.83. The van der Waals surface area contributed by atoms with Crippen LogP contribution < -0.4 is 0 Å². The summed E-state index contributed by atoms with van der Waals surface area (Å²) in [5, 5.41) is 0. The van der Waals surface area contributed by atoms with Gasteiger partial charge in [0, 0.05) is 43.3 Å². The van der Waals surface area contributed by atoms with Crippen LogP contribution in [-0.4, -0.2) is 45.5 Å². The van der Waals surface area contributed by atoms with Crippen molar-refractivity contribution in [3.63, 3.8) is 0 Å². The second-order valence-corrected chi connectivity index (χ2v) is 6.64. The van der Waals surface area contributed by atoms with Crippen LogP contribution in [0.2, 0.25) is 0 Å². The molecule has 2 aromatic rings. The SMILES string of the molecule is O=C(c1ccn2ccnc2c1)N(CC1CCCO1)C1CCCC1. The Morgan fingerprint density at radius 3 is 2.91 bits per heavy atom. The predicted octanol–water partition coefficient (Wildman–Crippen LogP) is 2.90. The van der Waals surface area contributed by atoms with Gasteiger partial charge in [-0.05, 0) is 37.8 Å². The monoisotopic (exact) mass is 313 g/mol. The molecule has 0 bridgehead atoms. The Kier molecular flexibility index (Phi) is 4.04. The molecule has 3 heterocycles. The standard InChI is InChI=1S/C18H23N3O2/c22-18(14-7-9-20-10-8-19-17(20)12-14)21(15-4-1-2-5-15)13-16-6-3-11-23-16/h7-10,12,15-16H,1-6,11,13H2. The zero-order valence-electron chi connectivity index (χ0n) is 13.4. The molecule has 2 fully saturated rings. The highest BCUT2D eigenvalue weighted by atomic mass is 16.5. The van der Waals surface area contributed by atoms with Gasteiger partial charge in [-0.15, -0.1) is 0 Å². The number of ether oxygens (including phenoxy) is 1. The number of imidazole rings is 1. The molecule has 2 aliphatic rings. The first-order valence-electron chi connectivity index (χ1n) is 8.66. The minimum absolute atomic E-state index is 0.123. The van der Waals surface area contributed by atoms with E-state index in [1.807, 2.05) is 28.9 Å². The van der Waals surface area contributed by atoms with E-state index >= 15 is 0 Å². The van der Waals surface area contributed by atoms with Crippen molar-refractivity contribution in [3.8, 4) is 0 Å². The molecule has 1 aliphatic carbocycles. The molecule has 5 nitrogen and oxygen atoms in total. The summed E-state index contributed by atoms with van der Waals surface area (Å²) in [6.45, 7) is 1.56. The molecule has 1 unspecified atom stereocenters. The Morgan fingerprint density at radius 1 is 1.26 bits per heavy atom. The number of fused-ring (bicyclic) bond motifs is 1. The number of amides is 1. The van der Waals surface area contributed by atoms with Crippen molar-refractivity contribution in [1.82, 2.24) is 14.3 Å². The van der Waals surface area contributed by atoms with E-state index in [0.717, 1.165) is 50.0 Å². The quantitative estimate of drug-likeness (QED) is 0.872. The molecule has 5 heteroatoms. The van der Waals surface area contributed by atoms with E-state index in [4.69, 9.17) is 4.74 Å². The van der Waals surface area contributed by atoms with Crippen LogP contribution in [0.1, 0.15) is 48.9 Å². The lowest BCUT2D eigenvalue weighted by atomic mass is 10.1. The molecule has 4 rings (SSSR count). The van der Waals surface area contributed by atoms with Gasteiger partial charge in [-0.2, -0.15) is 0 Å². The summed E-state index contributed by atoms with van der Waals surface area (Å²) in [4.78, 5) is 19.5. The summed E-state index contributed by atoms with van der Waals surface area (Å²) in [5.41, 5.74) is 1.55. The van der Waals surface area contributed by atoms with Gasteiger partial charge in [0.1, 0.15) is 5.65 Å². The van der Waals surface area contributed by atoms with Crippen LogP contribution in [0.5, 0.6) is 0 Å². The summed E-state index contributed by atoms with van der Waals surface area (Å²) in [7, 11) is 0. The number of carbonyl (C=O) groups is 1. The lowest BCUT2D eigenvalue weighted by molar-refractivity contribution is 0.0420. The molecule has 1 saturated heterocycles. The molecule has 1 aliphatic heterocycles. The zero-order chi connectivity index (χ0) is 15.6. The normalized spacial score (nSPS) is 22.0. The van der Waals surface area contributed by atoms with E-state index < -0.39 is 0 Å². The molecule has 0 aromatic carbocycles. The molecule has 1 atom stereocenters. The average molecular weight is 313 g/mol. The summed E-state index contributed by atoms with van der Waals surface area (Å²) in [5.74, 6) is 0.123. The van der Waals surface area contributed by atoms with Gasteiger partial charge in [0.05, 0.1) is 6.10 Å². The van der Waals surface area contributed by atoms with Crippen LogP contribution in [0.15, 0.2) is 30.7 Å². The number of hydrogen-bond acceptors (Lipinski definition) is 3. The molecule has 0 radical (unpaired) electrons. The van der Waals surface area contributed by atoms with Crippen molar-refractivity contribution < 1.29 is 9.53 Å². The number of carbonyl (C=O) groups excluding carboxylic acids is 1. The maximum Gasteiger partial charge on any atom is 0.254 e. The Hall–Kier alpha value is -1.88. The van der Waals surface area contributed by atoms with Crippen molar-refractivity contribution in [1.29, 1.82) is 0 Å². The number of hydrogen-bond donors (Lipinski definition) is 0. The Morgan fingerprint density at radius 2 is 2.13 bits per heavy atom. The first kappa shape index (κ1) is 14.7. The minimum atomic E-state index is 0.123. The van der Waals surface area contributed by atoms with Crippen LogP contribution in [0.25, 0.3) is 5.65 Å². The topological polar surface area (TPSA) is 46.8 Å². The third-order valence-corrected chi connectivity index (χ3v) is 5.10. The van der Waals surface area contributed by atoms with E-state index in [-0.39, 0.29) is 12.0 Å². The van der Waals surface area contributed by atoms with Crippen LogP contribution in [0.4, 0.5) is 0 Å². The first-order chi connectivity index (χ1) is 11.3. The van der Waals surface area contributed by atoms with Crippen LogP contribution >= 0.6 is 0 Å². The fraction of sp³-hybridized carbons (Fsp3) is 0.556. The van der Waals surface area contributed by atoms with Crippen LogP contribution in [0.3, 0.4) is 0 Å². The lowest BCUT2D eigenvalue weighted by Crippen LogP contribution is -2.43. The van der Waals surface area contributed by atoms with Gasteiger partial charge >= 0.3 is 0 Å². The predicted molar refractivity (Wildman–Crippen MR) is 87.5 cm³/mol. The smallest absolute Gasteiger partial charge is 0.254 e. The first-order valence-corrected chi connectivity index (χ1v) is 8.66. The summed E-state index contributed by atoms with van der Waals surface area (Å²) < 4.78 is 7.70. The number of aromatic nitrogens is 2. The third kappa shape index (κ3) is 2.98. The van der Waals surface area contributed by atoms with Crippen molar-refractivity contribution >= 4 is 11.6 Å². The zero-order valence-corrected chi connectivity index (χ0v) is 13.4. The maximum atomic E-state index is 13.1. The van der Waals surface area contributed by atoms with E-state index in [9.17, 15) is 4.79 Å². The highest BCUT2D eigenvalue weighted by molar-refractivity contribution is 5.95. The van der Waals surface area contributed by atoms with Crippen molar-refractivity contribution in [3.05, 3.63) is 36.3 Å². The molecule has 0 N–H and O–H groups in total. The molecule has 0 spiro atoms. The molecule has 1 amide bonds. The van der Waals surface area contributed by atoms with Gasteiger partial charge in [0.2, 0.25) is 0 Å². The van der Waals surface area contributed by atoms with E-state index in [1.165, 1.54) is 12.8 Å². The summed E-state index contributed by atoms with van der Waals surface area (Å²) in [6.07, 6.45) is 12.6. The maximum absolute atomic E-state index is 13.1. The van der Waals surface area contributed by atoms with Gasteiger partial charge in [-0.1, -0.05) is 12.8 Å². The fourth-order valence-electron chi connectivity index (χ4n) is 3.83. The van der Waals surface area contributed by atoms with Gasteiger partial charge in [0.15, 0.2) is 0 Å². The molecule has 1 saturated carbocycles. The summed E-state index contributed by atoms with van der Waals surface area (Å²) in [6, 6.07) is 4.15. The van der Waals surface area contributed by atoms with Crippen molar-refractivity contribution in [2.75, 3.05) is 13.2 Å². The van der Waals surface area contributed by atoms with Crippen LogP contribution in [0, 0.1) is 0 Å². The largest absolute Gasteiger partial charge is 0.376 e. The Labute approximate surface area is 136 Å². The number of nitrogens with zero attached hydrogens (tertiary/aromatic N) is 3. The van der Waals surface area contributed by atoms with Crippen molar-refractivity contribution in [2.45, 2.75) is 50.7 Å². The van der Waals surface area contributed by atoms with Gasteiger partial charge in [-0.3, -0.25) is 4.79 Å². The molecule has 122 valence electrons. The highest BCUT2D eigenvalue weighted by Gasteiger charge is 2.31. The van der Waals surface area contributed by atoms with E-state index in [1.54, 1.807) is 6.20 Å². The lowest BCUT2D eigenvalue weighted by Gasteiger charge is -2.31. The Bertz CT molecular complexity index is 684. The van der Waals surface area contributed by atoms with E-state index in [2.05, 4.69) is 9.88 Å². The van der Waals surface area contributed by atoms with Gasteiger partial charge in [0.25, 0.3) is 5.91 Å². The number of pyridine rings is 1. The van der Waals surface area contributed by atoms with Crippen LogP contribution in [-0.2, 0) is 4.74 Å².